The number of nitrogens with zero attached hydrogens (tertiary/aromatic N) is 3. The Morgan fingerprint density at radius 2 is 1.92 bits per heavy atom. The fourth-order valence-electron chi connectivity index (χ4n) is 4.85. The van der Waals surface area contributed by atoms with Crippen LogP contribution in [0.2, 0.25) is 0 Å². The minimum atomic E-state index is -2.54. The summed E-state index contributed by atoms with van der Waals surface area (Å²) >= 11 is 0. The molecule has 10 heteroatoms. The number of benzene rings is 2. The van der Waals surface area contributed by atoms with Crippen molar-refractivity contribution in [3.05, 3.63) is 52.8 Å². The van der Waals surface area contributed by atoms with E-state index in [-0.39, 0.29) is 30.3 Å². The van der Waals surface area contributed by atoms with Crippen molar-refractivity contribution in [3.63, 3.8) is 0 Å². The highest BCUT2D eigenvalue weighted by Gasteiger charge is 2.30. The number of halogens is 2. The molecule has 0 radical (unpaired) electrons. The summed E-state index contributed by atoms with van der Waals surface area (Å²) in [5, 5.41) is 4.08. The highest BCUT2D eigenvalue weighted by Crippen LogP contribution is 2.36. The Labute approximate surface area is 214 Å². The molecule has 0 bridgehead atoms. The molecule has 1 aromatic heterocycles. The van der Waals surface area contributed by atoms with Crippen molar-refractivity contribution in [1.29, 1.82) is 0 Å². The number of aryl methyl sites for hydroxylation is 1. The van der Waals surface area contributed by atoms with Crippen LogP contribution in [0.15, 0.2) is 30.3 Å². The second kappa shape index (κ2) is 11.1. The summed E-state index contributed by atoms with van der Waals surface area (Å²) in [6, 6.07) is 8.11. The van der Waals surface area contributed by atoms with Gasteiger partial charge in [0, 0.05) is 23.6 Å². The quantitative estimate of drug-likeness (QED) is 0.396. The maximum atomic E-state index is 13.5. The maximum absolute atomic E-state index is 13.5. The number of likely N-dealkylation sites (tertiary alicyclic amines) is 1. The number of rotatable bonds is 8. The van der Waals surface area contributed by atoms with Gasteiger partial charge < -0.3 is 24.4 Å². The molecule has 2 atom stereocenters. The lowest BCUT2D eigenvalue weighted by Crippen LogP contribution is -2.38. The minimum Gasteiger partial charge on any atom is -0.493 e. The normalized spacial score (nSPS) is 16.2. The third kappa shape index (κ3) is 5.52. The molecule has 1 saturated heterocycles. The summed E-state index contributed by atoms with van der Waals surface area (Å²) < 4.78 is 43.5. The molecule has 1 fully saturated rings. The predicted octanol–water partition coefficient (Wildman–Crippen LogP) is 5.98. The Bertz CT molecular complexity index is 1290. The van der Waals surface area contributed by atoms with E-state index in [9.17, 15) is 13.6 Å². The summed E-state index contributed by atoms with van der Waals surface area (Å²) in [4.78, 5) is 22.9. The number of anilines is 1. The van der Waals surface area contributed by atoms with Gasteiger partial charge in [0.15, 0.2) is 11.5 Å². The zero-order chi connectivity index (χ0) is 26.7. The van der Waals surface area contributed by atoms with Crippen LogP contribution >= 0.6 is 0 Å². The van der Waals surface area contributed by atoms with Crippen LogP contribution in [0.4, 0.5) is 19.4 Å². The molecule has 8 nitrogen and oxygen atoms in total. The van der Waals surface area contributed by atoms with Gasteiger partial charge in [-0.15, -0.1) is 0 Å². The molecule has 198 valence electrons. The third-order valence-corrected chi connectivity index (χ3v) is 6.78. The molecule has 0 aliphatic carbocycles. The highest BCUT2D eigenvalue weighted by atomic mass is 19.3. The Morgan fingerprint density at radius 3 is 2.62 bits per heavy atom. The first-order valence-electron chi connectivity index (χ1n) is 12.2. The smallest absolute Gasteiger partial charge is 0.409 e. The van der Waals surface area contributed by atoms with Crippen LogP contribution in [0.1, 0.15) is 54.7 Å². The zero-order valence-electron chi connectivity index (χ0n) is 21.7. The summed E-state index contributed by atoms with van der Waals surface area (Å²) in [5.41, 5.74) is 1.98. The van der Waals surface area contributed by atoms with E-state index < -0.39 is 6.43 Å². The second-order valence-corrected chi connectivity index (χ2v) is 9.14. The Hall–Kier alpha value is -3.69. The average molecular weight is 515 g/mol. The fraction of sp³-hybridized carbons (Fsp3) is 0.444. The van der Waals surface area contributed by atoms with Gasteiger partial charge in [-0.3, -0.25) is 0 Å². The standard InChI is InChI=1S/C27H32F2N4O4/c1-15-19(9-6-10-20(15)25(28)29)16(2)30-26-21-12-24(23(35-4)13-22(21)31-17(3)32-26)37-14-18-8-7-11-33(18)27(34)36-5/h6,9-10,12-13,16,18,25H,7-8,11,14H2,1-5H3,(H,30,31,32)/t16-,18+/m1/s1. The number of methoxy groups -OCH3 is 2. The van der Waals surface area contributed by atoms with Gasteiger partial charge in [-0.2, -0.15) is 0 Å². The van der Waals surface area contributed by atoms with Crippen molar-refractivity contribution in [1.82, 2.24) is 14.9 Å². The van der Waals surface area contributed by atoms with Crippen molar-refractivity contribution in [2.45, 2.75) is 52.1 Å². The molecule has 0 unspecified atom stereocenters. The SMILES string of the molecule is COC(=O)N1CCC[C@H]1COc1cc2c(N[C@H](C)c3cccc(C(F)F)c3C)nc(C)nc2cc1OC. The van der Waals surface area contributed by atoms with Crippen molar-refractivity contribution in [2.75, 3.05) is 32.7 Å². The molecule has 3 aromatic rings. The first-order chi connectivity index (χ1) is 17.7. The molecule has 2 aromatic carbocycles. The number of aromatic nitrogens is 2. The van der Waals surface area contributed by atoms with E-state index in [1.54, 1.807) is 38.0 Å². The Kier molecular flexibility index (Phi) is 7.94. The van der Waals surface area contributed by atoms with Gasteiger partial charge in [0.05, 0.1) is 31.8 Å². The van der Waals surface area contributed by atoms with Gasteiger partial charge in [0.1, 0.15) is 18.2 Å². The number of nitrogens with one attached hydrogen (secondary N) is 1. The molecule has 1 aliphatic heterocycles. The molecular weight excluding hydrogens is 482 g/mol. The highest BCUT2D eigenvalue weighted by molar-refractivity contribution is 5.92. The molecule has 1 aliphatic rings. The Balaban J connectivity index is 1.65. The van der Waals surface area contributed by atoms with Crippen LogP contribution < -0.4 is 14.8 Å². The molecule has 1 amide bonds. The van der Waals surface area contributed by atoms with Crippen molar-refractivity contribution >= 4 is 22.8 Å². The second-order valence-electron chi connectivity index (χ2n) is 9.14. The summed E-state index contributed by atoms with van der Waals surface area (Å²) in [6.07, 6.45) is -1.22. The van der Waals surface area contributed by atoms with Crippen LogP contribution in [0, 0.1) is 13.8 Å². The molecule has 0 saturated carbocycles. The topological polar surface area (TPSA) is 85.8 Å². The van der Waals surface area contributed by atoms with E-state index in [0.29, 0.717) is 46.2 Å². The molecule has 0 spiro atoms. The molecule has 4 rings (SSSR count). The number of hydrogen-bond acceptors (Lipinski definition) is 7. The number of hydrogen-bond donors (Lipinski definition) is 1. The van der Waals surface area contributed by atoms with E-state index in [2.05, 4.69) is 15.3 Å². The summed E-state index contributed by atoms with van der Waals surface area (Å²) in [7, 11) is 2.92. The van der Waals surface area contributed by atoms with Gasteiger partial charge in [0.25, 0.3) is 6.43 Å². The third-order valence-electron chi connectivity index (χ3n) is 6.78. The van der Waals surface area contributed by atoms with Crippen LogP contribution in [-0.4, -0.2) is 54.4 Å². The van der Waals surface area contributed by atoms with Crippen molar-refractivity contribution < 1.29 is 27.8 Å². The van der Waals surface area contributed by atoms with Crippen LogP contribution in [0.25, 0.3) is 10.9 Å². The number of alkyl halides is 2. The van der Waals surface area contributed by atoms with E-state index in [1.165, 1.54) is 13.2 Å². The first kappa shape index (κ1) is 26.4. The lowest BCUT2D eigenvalue weighted by molar-refractivity contribution is 0.105. The van der Waals surface area contributed by atoms with E-state index >= 15 is 0 Å². The average Bonchev–Trinajstić information content (AvgIpc) is 3.35. The number of carbonyl (C=O) groups excluding carboxylic acids is 1. The molecule has 2 heterocycles. The van der Waals surface area contributed by atoms with Gasteiger partial charge in [-0.1, -0.05) is 18.2 Å². The van der Waals surface area contributed by atoms with Crippen LogP contribution in [0.5, 0.6) is 11.5 Å². The Morgan fingerprint density at radius 1 is 1.16 bits per heavy atom. The predicted molar refractivity (Wildman–Crippen MR) is 137 cm³/mol. The van der Waals surface area contributed by atoms with Gasteiger partial charge in [-0.25, -0.2) is 23.5 Å². The first-order valence-corrected chi connectivity index (χ1v) is 12.2. The fourth-order valence-corrected chi connectivity index (χ4v) is 4.85. The largest absolute Gasteiger partial charge is 0.493 e. The lowest BCUT2D eigenvalue weighted by Gasteiger charge is -2.24. The number of carbonyl (C=O) groups is 1. The zero-order valence-corrected chi connectivity index (χ0v) is 21.7. The molecule has 37 heavy (non-hydrogen) atoms. The number of fused-ring (bicyclic) bond motifs is 1. The monoisotopic (exact) mass is 514 g/mol. The van der Waals surface area contributed by atoms with Crippen molar-refractivity contribution in [2.24, 2.45) is 0 Å². The van der Waals surface area contributed by atoms with Crippen LogP contribution in [0.3, 0.4) is 0 Å². The van der Waals surface area contributed by atoms with E-state index in [1.807, 2.05) is 19.1 Å². The van der Waals surface area contributed by atoms with E-state index in [0.717, 1.165) is 18.4 Å². The molecular formula is C27H32F2N4O4. The lowest BCUT2D eigenvalue weighted by atomic mass is 9.97. The maximum Gasteiger partial charge on any atom is 0.409 e. The number of amides is 1. The van der Waals surface area contributed by atoms with Gasteiger partial charge >= 0.3 is 6.09 Å². The van der Waals surface area contributed by atoms with Crippen molar-refractivity contribution in [3.8, 4) is 11.5 Å². The summed E-state index contributed by atoms with van der Waals surface area (Å²) in [6.45, 7) is 6.30. The van der Waals surface area contributed by atoms with Crippen LogP contribution in [-0.2, 0) is 4.74 Å². The van der Waals surface area contributed by atoms with Gasteiger partial charge in [-0.05, 0) is 50.8 Å². The van der Waals surface area contributed by atoms with E-state index in [4.69, 9.17) is 14.2 Å². The number of ether oxygens (including phenoxy) is 3. The molecule has 1 N–H and O–H groups in total. The minimum absolute atomic E-state index is 0.0169. The van der Waals surface area contributed by atoms with Gasteiger partial charge in [0.2, 0.25) is 0 Å². The summed E-state index contributed by atoms with van der Waals surface area (Å²) in [5.74, 6) is 2.11.